The van der Waals surface area contributed by atoms with Gasteiger partial charge in [0, 0.05) is 24.9 Å². The van der Waals surface area contributed by atoms with Gasteiger partial charge >= 0.3 is 0 Å². The van der Waals surface area contributed by atoms with E-state index in [4.69, 9.17) is 4.84 Å². The van der Waals surface area contributed by atoms with Gasteiger partial charge in [-0.25, -0.2) is 0 Å². The fraction of sp³-hybridized carbons (Fsp3) is 0.500. The van der Waals surface area contributed by atoms with Crippen molar-refractivity contribution >= 4 is 11.6 Å². The molecule has 0 aromatic heterocycles. The van der Waals surface area contributed by atoms with Crippen molar-refractivity contribution in [1.82, 2.24) is 4.90 Å². The smallest absolute Gasteiger partial charge is 0.225 e. The van der Waals surface area contributed by atoms with Crippen LogP contribution in [0, 0.1) is 12.8 Å². The first kappa shape index (κ1) is 13.2. The molecule has 0 radical (unpaired) electrons. The number of nitrogens with zero attached hydrogens (tertiary/aromatic N) is 2. The Morgan fingerprint density at radius 1 is 1.40 bits per heavy atom. The summed E-state index contributed by atoms with van der Waals surface area (Å²) in [5.74, 6) is 0.510. The van der Waals surface area contributed by atoms with Gasteiger partial charge in [0.2, 0.25) is 5.91 Å². The second-order valence-electron chi connectivity index (χ2n) is 5.78. The van der Waals surface area contributed by atoms with Gasteiger partial charge in [0.05, 0.1) is 12.3 Å². The van der Waals surface area contributed by atoms with Crippen LogP contribution in [0.25, 0.3) is 0 Å². The molecule has 1 heterocycles. The zero-order chi connectivity index (χ0) is 14.1. The molecule has 0 N–H and O–H groups in total. The summed E-state index contributed by atoms with van der Waals surface area (Å²) in [6.45, 7) is 2.70. The molecule has 4 heteroatoms. The van der Waals surface area contributed by atoms with Crippen LogP contribution in [0.5, 0.6) is 0 Å². The van der Waals surface area contributed by atoms with E-state index in [2.05, 4.69) is 24.2 Å². The lowest BCUT2D eigenvalue weighted by Crippen LogP contribution is -2.35. The summed E-state index contributed by atoms with van der Waals surface area (Å²) in [5.41, 5.74) is 3.34. The monoisotopic (exact) mass is 272 g/mol. The van der Waals surface area contributed by atoms with Crippen LogP contribution < -0.4 is 0 Å². The summed E-state index contributed by atoms with van der Waals surface area (Å²) in [4.78, 5) is 19.2. The minimum absolute atomic E-state index is 0.0164. The van der Waals surface area contributed by atoms with E-state index >= 15 is 0 Å². The number of rotatable bonds is 4. The SMILES string of the molecule is Cc1ccccc1C1=NO[C@@H](CN(C)C(=O)C2CC2)C1. The van der Waals surface area contributed by atoms with Gasteiger partial charge < -0.3 is 9.74 Å². The number of likely N-dealkylation sites (N-methyl/N-ethyl adjacent to an activating group) is 1. The lowest BCUT2D eigenvalue weighted by atomic mass is 10.0. The Morgan fingerprint density at radius 2 is 2.15 bits per heavy atom. The lowest BCUT2D eigenvalue weighted by molar-refractivity contribution is -0.132. The van der Waals surface area contributed by atoms with Gasteiger partial charge in [-0.05, 0) is 25.3 Å². The highest BCUT2D eigenvalue weighted by Gasteiger charge is 2.34. The number of oxime groups is 1. The van der Waals surface area contributed by atoms with Gasteiger partial charge in [0.1, 0.15) is 0 Å². The molecular weight excluding hydrogens is 252 g/mol. The standard InChI is InChI=1S/C16H20N2O2/c1-11-5-3-4-6-14(11)15-9-13(20-17-15)10-18(2)16(19)12-7-8-12/h3-6,12-13H,7-10H2,1-2H3/t13-/m1/s1. The molecule has 3 rings (SSSR count). The normalized spacial score (nSPS) is 21.3. The molecule has 0 saturated heterocycles. The Hall–Kier alpha value is -1.84. The fourth-order valence-electron chi connectivity index (χ4n) is 2.62. The summed E-state index contributed by atoms with van der Waals surface area (Å²) in [7, 11) is 1.86. The van der Waals surface area contributed by atoms with E-state index in [1.807, 2.05) is 19.2 Å². The van der Waals surface area contributed by atoms with Crippen LogP contribution in [-0.2, 0) is 9.63 Å². The number of aryl methyl sites for hydroxylation is 1. The third kappa shape index (κ3) is 2.69. The summed E-state index contributed by atoms with van der Waals surface area (Å²) < 4.78 is 0. The zero-order valence-electron chi connectivity index (χ0n) is 12.0. The highest BCUT2D eigenvalue weighted by Crippen LogP contribution is 2.31. The first-order valence-corrected chi connectivity index (χ1v) is 7.19. The maximum atomic E-state index is 11.9. The maximum Gasteiger partial charge on any atom is 0.225 e. The number of amides is 1. The van der Waals surface area contributed by atoms with Crippen LogP contribution in [0.15, 0.2) is 29.4 Å². The van der Waals surface area contributed by atoms with Crippen molar-refractivity contribution in [3.63, 3.8) is 0 Å². The molecule has 1 amide bonds. The van der Waals surface area contributed by atoms with Crippen molar-refractivity contribution in [3.8, 4) is 0 Å². The summed E-state index contributed by atoms with van der Waals surface area (Å²) in [5, 5.41) is 4.20. The first-order valence-electron chi connectivity index (χ1n) is 7.19. The van der Waals surface area contributed by atoms with E-state index in [9.17, 15) is 4.79 Å². The second-order valence-corrected chi connectivity index (χ2v) is 5.78. The van der Waals surface area contributed by atoms with E-state index < -0.39 is 0 Å². The summed E-state index contributed by atoms with van der Waals surface area (Å²) >= 11 is 0. The summed E-state index contributed by atoms with van der Waals surface area (Å²) in [6.07, 6.45) is 2.84. The Labute approximate surface area is 119 Å². The molecule has 2 aliphatic rings. The molecule has 106 valence electrons. The first-order chi connectivity index (χ1) is 9.65. The minimum atomic E-state index is -0.0164. The van der Waals surface area contributed by atoms with Gasteiger partial charge in [-0.15, -0.1) is 0 Å². The molecule has 1 aliphatic carbocycles. The van der Waals surface area contributed by atoms with Crippen molar-refractivity contribution in [2.45, 2.75) is 32.3 Å². The van der Waals surface area contributed by atoms with Crippen LogP contribution in [0.3, 0.4) is 0 Å². The van der Waals surface area contributed by atoms with E-state index in [-0.39, 0.29) is 17.9 Å². The van der Waals surface area contributed by atoms with E-state index in [1.54, 1.807) is 4.90 Å². The molecule has 0 bridgehead atoms. The van der Waals surface area contributed by atoms with Crippen LogP contribution >= 0.6 is 0 Å². The third-order valence-corrected chi connectivity index (χ3v) is 3.97. The molecule has 0 spiro atoms. The fourth-order valence-corrected chi connectivity index (χ4v) is 2.62. The quantitative estimate of drug-likeness (QED) is 0.844. The maximum absolute atomic E-state index is 11.9. The van der Waals surface area contributed by atoms with Crippen molar-refractivity contribution in [2.24, 2.45) is 11.1 Å². The predicted octanol–water partition coefficient (Wildman–Crippen LogP) is 2.36. The van der Waals surface area contributed by atoms with Crippen molar-refractivity contribution < 1.29 is 9.63 Å². The highest BCUT2D eigenvalue weighted by molar-refractivity contribution is 6.02. The van der Waals surface area contributed by atoms with E-state index in [0.717, 1.165) is 30.5 Å². The highest BCUT2D eigenvalue weighted by atomic mass is 16.6. The largest absolute Gasteiger partial charge is 0.390 e. The number of hydrogen-bond donors (Lipinski definition) is 0. The Bertz CT molecular complexity index is 549. The molecule has 20 heavy (non-hydrogen) atoms. The molecule has 1 aromatic rings. The van der Waals surface area contributed by atoms with Crippen LogP contribution in [0.4, 0.5) is 0 Å². The van der Waals surface area contributed by atoms with Crippen molar-refractivity contribution in [1.29, 1.82) is 0 Å². The van der Waals surface area contributed by atoms with Crippen molar-refractivity contribution in [3.05, 3.63) is 35.4 Å². The van der Waals surface area contributed by atoms with Gasteiger partial charge in [0.15, 0.2) is 6.10 Å². The molecule has 1 atom stereocenters. The number of carbonyl (C=O) groups excluding carboxylic acids is 1. The molecule has 1 saturated carbocycles. The molecular formula is C16H20N2O2. The van der Waals surface area contributed by atoms with Gasteiger partial charge in [0.25, 0.3) is 0 Å². The van der Waals surface area contributed by atoms with Gasteiger partial charge in [-0.3, -0.25) is 4.79 Å². The van der Waals surface area contributed by atoms with Crippen LogP contribution in [-0.4, -0.2) is 36.2 Å². The second kappa shape index (κ2) is 5.27. The number of carbonyl (C=O) groups is 1. The molecule has 1 aromatic carbocycles. The summed E-state index contributed by atoms with van der Waals surface area (Å²) in [6, 6.07) is 8.18. The molecule has 4 nitrogen and oxygen atoms in total. The number of benzene rings is 1. The molecule has 1 aliphatic heterocycles. The Kier molecular flexibility index (Phi) is 3.47. The minimum Gasteiger partial charge on any atom is -0.390 e. The van der Waals surface area contributed by atoms with Gasteiger partial charge in [-0.2, -0.15) is 0 Å². The van der Waals surface area contributed by atoms with Gasteiger partial charge in [-0.1, -0.05) is 29.4 Å². The van der Waals surface area contributed by atoms with E-state index in [0.29, 0.717) is 6.54 Å². The average molecular weight is 272 g/mol. The van der Waals surface area contributed by atoms with Crippen LogP contribution in [0.2, 0.25) is 0 Å². The Morgan fingerprint density at radius 3 is 2.85 bits per heavy atom. The topological polar surface area (TPSA) is 41.9 Å². The van der Waals surface area contributed by atoms with Crippen LogP contribution in [0.1, 0.15) is 30.4 Å². The zero-order valence-corrected chi connectivity index (χ0v) is 12.0. The predicted molar refractivity (Wildman–Crippen MR) is 77.6 cm³/mol. The Balaban J connectivity index is 1.59. The average Bonchev–Trinajstić information content (AvgIpc) is 3.19. The molecule has 1 fully saturated rings. The van der Waals surface area contributed by atoms with E-state index in [1.165, 1.54) is 5.56 Å². The lowest BCUT2D eigenvalue weighted by Gasteiger charge is -2.19. The molecule has 0 unspecified atom stereocenters. The number of hydrogen-bond acceptors (Lipinski definition) is 3. The third-order valence-electron chi connectivity index (χ3n) is 3.97. The van der Waals surface area contributed by atoms with Crippen molar-refractivity contribution in [2.75, 3.05) is 13.6 Å².